The van der Waals surface area contributed by atoms with Crippen LogP contribution < -0.4 is 10.3 Å². The van der Waals surface area contributed by atoms with E-state index in [0.29, 0.717) is 11.1 Å². The van der Waals surface area contributed by atoms with E-state index < -0.39 is 4.92 Å². The fourth-order valence-electron chi connectivity index (χ4n) is 5.12. The Bertz CT molecular complexity index is 1300. The number of hydrazone groups is 1. The Morgan fingerprint density at radius 3 is 2.49 bits per heavy atom. The van der Waals surface area contributed by atoms with E-state index >= 15 is 0 Å². The number of rotatable bonds is 7. The summed E-state index contributed by atoms with van der Waals surface area (Å²) >= 11 is 0. The Kier molecular flexibility index (Phi) is 7.56. The minimum Gasteiger partial charge on any atom is -0.371 e. The maximum atomic E-state index is 12.7. The van der Waals surface area contributed by atoms with Gasteiger partial charge in [-0.2, -0.15) is 5.10 Å². The first-order valence-electron chi connectivity index (χ1n) is 12.8. The number of amides is 1. The summed E-state index contributed by atoms with van der Waals surface area (Å²) in [6.07, 6.45) is 5.92. The second kappa shape index (κ2) is 11.3. The number of fused-ring (bicyclic) bond motifs is 1. The van der Waals surface area contributed by atoms with Crippen molar-refractivity contribution >= 4 is 23.5 Å². The molecule has 3 aromatic carbocycles. The van der Waals surface area contributed by atoms with Crippen molar-refractivity contribution in [2.75, 3.05) is 24.5 Å². The molecule has 0 saturated carbocycles. The first-order valence-corrected chi connectivity index (χ1v) is 12.8. The van der Waals surface area contributed by atoms with Gasteiger partial charge in [0.05, 0.1) is 11.1 Å². The summed E-state index contributed by atoms with van der Waals surface area (Å²) in [4.78, 5) is 28.2. The van der Waals surface area contributed by atoms with Crippen molar-refractivity contribution in [2.24, 2.45) is 5.10 Å². The number of nitro benzene ring substituents is 1. The molecular formula is C29H31N5O3. The summed E-state index contributed by atoms with van der Waals surface area (Å²) in [6.45, 7) is 4.60. The summed E-state index contributed by atoms with van der Waals surface area (Å²) in [6, 6.07) is 21.0. The van der Waals surface area contributed by atoms with E-state index in [4.69, 9.17) is 0 Å². The fraction of sp³-hybridized carbons (Fsp3) is 0.310. The van der Waals surface area contributed by atoms with Gasteiger partial charge in [0.25, 0.3) is 11.6 Å². The largest absolute Gasteiger partial charge is 0.371 e. The van der Waals surface area contributed by atoms with Gasteiger partial charge in [-0.1, -0.05) is 36.4 Å². The lowest BCUT2D eigenvalue weighted by atomic mass is 9.99. The third kappa shape index (κ3) is 6.03. The number of nitrogens with zero attached hydrogens (tertiary/aromatic N) is 4. The van der Waals surface area contributed by atoms with Crippen LogP contribution in [0.4, 0.5) is 11.4 Å². The van der Waals surface area contributed by atoms with Gasteiger partial charge in [0.1, 0.15) is 0 Å². The van der Waals surface area contributed by atoms with Gasteiger partial charge in [-0.05, 0) is 60.6 Å². The minimum absolute atomic E-state index is 0.00122. The van der Waals surface area contributed by atoms with Crippen molar-refractivity contribution < 1.29 is 9.72 Å². The van der Waals surface area contributed by atoms with E-state index in [1.54, 1.807) is 6.07 Å². The van der Waals surface area contributed by atoms with Gasteiger partial charge in [0, 0.05) is 61.7 Å². The number of hydrogen-bond donors (Lipinski definition) is 1. The number of piperidine rings is 1. The predicted octanol–water partition coefficient (Wildman–Crippen LogP) is 4.91. The smallest absolute Gasteiger partial charge is 0.271 e. The van der Waals surface area contributed by atoms with Gasteiger partial charge in [-0.15, -0.1) is 0 Å². The average molecular weight is 498 g/mol. The summed E-state index contributed by atoms with van der Waals surface area (Å²) in [7, 11) is 0. The molecule has 0 atom stereocenters. The molecule has 0 spiro atoms. The Balaban J connectivity index is 1.21. The van der Waals surface area contributed by atoms with Crippen LogP contribution in [0.3, 0.4) is 0 Å². The first kappa shape index (κ1) is 24.6. The number of carbonyl (C=O) groups is 1. The molecule has 1 fully saturated rings. The van der Waals surface area contributed by atoms with Crippen molar-refractivity contribution in [3.63, 3.8) is 0 Å². The number of carbonyl (C=O) groups excluding carboxylic acids is 1. The lowest BCUT2D eigenvalue weighted by Gasteiger charge is -2.29. The van der Waals surface area contributed by atoms with E-state index in [2.05, 4.69) is 44.6 Å². The fourth-order valence-corrected chi connectivity index (χ4v) is 5.12. The van der Waals surface area contributed by atoms with Crippen LogP contribution in [-0.2, 0) is 19.5 Å². The number of hydrogen-bond acceptors (Lipinski definition) is 6. The van der Waals surface area contributed by atoms with Crippen LogP contribution >= 0.6 is 0 Å². The molecule has 0 aromatic heterocycles. The molecular weight excluding hydrogens is 466 g/mol. The van der Waals surface area contributed by atoms with Crippen molar-refractivity contribution in [3.05, 3.63) is 105 Å². The molecule has 0 aliphatic carbocycles. The maximum absolute atomic E-state index is 12.7. The van der Waals surface area contributed by atoms with Crippen LogP contribution in [0.25, 0.3) is 0 Å². The summed E-state index contributed by atoms with van der Waals surface area (Å²) in [5.41, 5.74) is 8.57. The zero-order chi connectivity index (χ0) is 25.6. The van der Waals surface area contributed by atoms with E-state index in [1.165, 1.54) is 35.9 Å². The number of nitrogens with one attached hydrogen (secondary N) is 1. The molecule has 5 rings (SSSR count). The van der Waals surface area contributed by atoms with Crippen LogP contribution in [0, 0.1) is 10.1 Å². The van der Waals surface area contributed by atoms with E-state index in [0.717, 1.165) is 63.2 Å². The maximum Gasteiger partial charge on any atom is 0.271 e. The highest BCUT2D eigenvalue weighted by Crippen LogP contribution is 2.27. The van der Waals surface area contributed by atoms with E-state index in [9.17, 15) is 14.9 Å². The van der Waals surface area contributed by atoms with Gasteiger partial charge in [0.2, 0.25) is 0 Å². The summed E-state index contributed by atoms with van der Waals surface area (Å²) in [5.74, 6) is -0.320. The molecule has 2 aliphatic rings. The van der Waals surface area contributed by atoms with Crippen LogP contribution in [0.15, 0.2) is 71.8 Å². The quantitative estimate of drug-likeness (QED) is 0.285. The van der Waals surface area contributed by atoms with Crippen LogP contribution in [0.1, 0.15) is 51.9 Å². The van der Waals surface area contributed by atoms with E-state index in [-0.39, 0.29) is 11.6 Å². The monoisotopic (exact) mass is 497 g/mol. The Morgan fingerprint density at radius 2 is 1.73 bits per heavy atom. The Hall–Kier alpha value is -4.04. The minimum atomic E-state index is -0.417. The predicted molar refractivity (Wildman–Crippen MR) is 145 cm³/mol. The molecule has 0 unspecified atom stereocenters. The highest BCUT2D eigenvalue weighted by molar-refractivity contribution is 5.95. The van der Waals surface area contributed by atoms with Gasteiger partial charge in [-0.3, -0.25) is 19.8 Å². The Labute approximate surface area is 216 Å². The van der Waals surface area contributed by atoms with Gasteiger partial charge >= 0.3 is 0 Å². The molecule has 0 bridgehead atoms. The van der Waals surface area contributed by atoms with Crippen LogP contribution in [0.2, 0.25) is 0 Å². The lowest BCUT2D eigenvalue weighted by Crippen LogP contribution is -2.30. The highest BCUT2D eigenvalue weighted by atomic mass is 16.6. The highest BCUT2D eigenvalue weighted by Gasteiger charge is 2.18. The zero-order valence-corrected chi connectivity index (χ0v) is 20.8. The summed E-state index contributed by atoms with van der Waals surface area (Å²) < 4.78 is 0. The lowest BCUT2D eigenvalue weighted by molar-refractivity contribution is -0.384. The molecule has 190 valence electrons. The molecule has 8 nitrogen and oxygen atoms in total. The van der Waals surface area contributed by atoms with Crippen LogP contribution in [0.5, 0.6) is 0 Å². The van der Waals surface area contributed by atoms with E-state index in [1.807, 2.05) is 24.3 Å². The molecule has 1 saturated heterocycles. The second-order valence-corrected chi connectivity index (χ2v) is 9.67. The third-order valence-electron chi connectivity index (χ3n) is 7.12. The normalized spacial score (nSPS) is 15.9. The standard InChI is InChI=1S/C29H31N5O3/c35-29(24-10-8-22(9-11-24)20-32-17-14-23-6-2-3-7-25(23)21-32)31-30-19-26-18-27(34(36)37)12-13-28(26)33-15-4-1-5-16-33/h2-3,6-13,18-19H,1,4-5,14-17,20-21H2,(H,31,35)/b30-19-. The van der Waals surface area contributed by atoms with Crippen LogP contribution in [-0.4, -0.2) is 41.6 Å². The molecule has 2 heterocycles. The van der Waals surface area contributed by atoms with Crippen molar-refractivity contribution in [1.82, 2.24) is 10.3 Å². The van der Waals surface area contributed by atoms with Gasteiger partial charge in [-0.25, -0.2) is 5.43 Å². The molecule has 8 heteroatoms. The van der Waals surface area contributed by atoms with Crippen molar-refractivity contribution in [3.8, 4) is 0 Å². The molecule has 37 heavy (non-hydrogen) atoms. The van der Waals surface area contributed by atoms with Gasteiger partial charge < -0.3 is 4.90 Å². The SMILES string of the molecule is O=C(N/N=C\c1cc([N+](=O)[O-])ccc1N1CCCCC1)c1ccc(CN2CCc3ccccc3C2)cc1. The Morgan fingerprint density at radius 1 is 0.973 bits per heavy atom. The number of nitro groups is 1. The van der Waals surface area contributed by atoms with Gasteiger partial charge in [0.15, 0.2) is 0 Å². The molecule has 2 aliphatic heterocycles. The third-order valence-corrected chi connectivity index (χ3v) is 7.12. The number of non-ortho nitro benzene ring substituents is 1. The summed E-state index contributed by atoms with van der Waals surface area (Å²) in [5, 5.41) is 15.4. The second-order valence-electron chi connectivity index (χ2n) is 9.67. The van der Waals surface area contributed by atoms with Crippen molar-refractivity contribution in [1.29, 1.82) is 0 Å². The number of anilines is 1. The molecule has 1 N–H and O–H groups in total. The molecule has 1 amide bonds. The molecule has 0 radical (unpaired) electrons. The molecule has 3 aromatic rings. The first-order chi connectivity index (χ1) is 18.1. The van der Waals surface area contributed by atoms with Crippen molar-refractivity contribution in [2.45, 2.75) is 38.8 Å². The number of benzene rings is 3. The zero-order valence-electron chi connectivity index (χ0n) is 20.8. The topological polar surface area (TPSA) is 91.1 Å². The average Bonchev–Trinajstić information content (AvgIpc) is 2.93.